The Morgan fingerprint density at radius 2 is 2.50 bits per heavy atom. The van der Waals surface area contributed by atoms with Crippen LogP contribution in [0.15, 0.2) is 10.6 Å². The van der Waals surface area contributed by atoms with Crippen LogP contribution >= 0.6 is 0 Å². The third-order valence-corrected chi connectivity index (χ3v) is 2.45. The minimum absolute atomic E-state index is 0.131. The van der Waals surface area contributed by atoms with Crippen molar-refractivity contribution in [3.8, 4) is 0 Å². The summed E-state index contributed by atoms with van der Waals surface area (Å²) in [5.41, 5.74) is 0.637. The summed E-state index contributed by atoms with van der Waals surface area (Å²) in [6.45, 7) is 1.11. The molecule has 1 aliphatic heterocycles. The molecule has 0 saturated carbocycles. The number of ether oxygens (including phenoxy) is 2. The molecule has 0 aromatic carbocycles. The summed E-state index contributed by atoms with van der Waals surface area (Å²) < 4.78 is 15.9. The molecule has 0 spiro atoms. The molecule has 0 amide bonds. The summed E-state index contributed by atoms with van der Waals surface area (Å²) in [5.74, 6) is 0.631. The Morgan fingerprint density at radius 1 is 1.56 bits per heavy atom. The van der Waals surface area contributed by atoms with Crippen LogP contribution in [0.5, 0.6) is 0 Å². The van der Waals surface area contributed by atoms with Crippen LogP contribution in [0.25, 0.3) is 0 Å². The van der Waals surface area contributed by atoms with Crippen molar-refractivity contribution in [1.82, 2.24) is 5.16 Å². The van der Waals surface area contributed by atoms with Crippen molar-refractivity contribution in [1.29, 1.82) is 0 Å². The number of aldehydes is 1. The van der Waals surface area contributed by atoms with Crippen molar-refractivity contribution in [2.75, 3.05) is 6.61 Å². The maximum Gasteiger partial charge on any atom is 0.162 e. The van der Waals surface area contributed by atoms with Crippen molar-refractivity contribution < 1.29 is 18.8 Å². The Balaban J connectivity index is 1.77. The van der Waals surface area contributed by atoms with E-state index in [-0.39, 0.29) is 12.7 Å². The Bertz CT molecular complexity index is 330. The van der Waals surface area contributed by atoms with E-state index < -0.39 is 0 Å². The summed E-state index contributed by atoms with van der Waals surface area (Å²) in [4.78, 5) is 10.3. The summed E-state index contributed by atoms with van der Waals surface area (Å²) in [6.07, 6.45) is 4.11. The normalized spacial score (nSPS) is 20.9. The lowest BCUT2D eigenvalue weighted by Gasteiger charge is -2.21. The molecule has 0 N–H and O–H groups in total. The molecular formula is C11H15NO4. The highest BCUT2D eigenvalue weighted by atomic mass is 16.7. The Hall–Kier alpha value is -1.20. The average Bonchev–Trinajstić information content (AvgIpc) is 2.76. The summed E-state index contributed by atoms with van der Waals surface area (Å²) in [7, 11) is 0. The van der Waals surface area contributed by atoms with Crippen LogP contribution < -0.4 is 0 Å². The number of carbonyl (C=O) groups is 1. The molecule has 1 aromatic rings. The van der Waals surface area contributed by atoms with Crippen LogP contribution in [-0.4, -0.2) is 24.3 Å². The van der Waals surface area contributed by atoms with Crippen molar-refractivity contribution in [2.45, 2.75) is 38.6 Å². The molecule has 5 heteroatoms. The van der Waals surface area contributed by atoms with E-state index in [2.05, 4.69) is 5.16 Å². The summed E-state index contributed by atoms with van der Waals surface area (Å²) in [6, 6.07) is 1.73. The number of hydrogen-bond donors (Lipinski definition) is 0. The van der Waals surface area contributed by atoms with Gasteiger partial charge in [0, 0.05) is 19.1 Å². The number of rotatable bonds is 5. The van der Waals surface area contributed by atoms with Crippen LogP contribution in [0.1, 0.15) is 30.7 Å². The quantitative estimate of drug-likeness (QED) is 0.710. The molecule has 2 heterocycles. The van der Waals surface area contributed by atoms with Gasteiger partial charge in [-0.1, -0.05) is 5.16 Å². The van der Waals surface area contributed by atoms with Gasteiger partial charge in [0.1, 0.15) is 12.9 Å². The summed E-state index contributed by atoms with van der Waals surface area (Å²) >= 11 is 0. The smallest absolute Gasteiger partial charge is 0.162 e. The minimum atomic E-state index is -0.131. The van der Waals surface area contributed by atoms with Crippen molar-refractivity contribution in [2.24, 2.45) is 0 Å². The number of carbonyl (C=O) groups excluding carboxylic acids is 1. The Labute approximate surface area is 93.7 Å². The van der Waals surface area contributed by atoms with Gasteiger partial charge < -0.3 is 18.8 Å². The Kier molecular flexibility index (Phi) is 4.07. The van der Waals surface area contributed by atoms with Crippen LogP contribution in [0, 0.1) is 0 Å². The zero-order valence-corrected chi connectivity index (χ0v) is 9.05. The molecule has 1 atom stereocenters. The van der Waals surface area contributed by atoms with E-state index >= 15 is 0 Å². The fraction of sp³-hybridized carbons (Fsp3) is 0.636. The van der Waals surface area contributed by atoms with Gasteiger partial charge in [-0.15, -0.1) is 0 Å². The third-order valence-electron chi connectivity index (χ3n) is 2.45. The molecule has 1 unspecified atom stereocenters. The van der Waals surface area contributed by atoms with E-state index in [1.54, 1.807) is 6.07 Å². The monoisotopic (exact) mass is 225 g/mol. The predicted molar refractivity (Wildman–Crippen MR) is 54.7 cm³/mol. The first-order chi connectivity index (χ1) is 7.88. The van der Waals surface area contributed by atoms with E-state index in [0.29, 0.717) is 18.1 Å². The van der Waals surface area contributed by atoms with Gasteiger partial charge in [-0.3, -0.25) is 0 Å². The predicted octanol–water partition coefficient (Wildman–Crippen LogP) is 1.46. The van der Waals surface area contributed by atoms with Gasteiger partial charge in [-0.05, 0) is 19.3 Å². The molecule has 5 nitrogen and oxygen atoms in total. The third kappa shape index (κ3) is 3.15. The molecule has 1 aromatic heterocycles. The molecular weight excluding hydrogens is 210 g/mol. The lowest BCUT2D eigenvalue weighted by molar-refractivity contribution is -0.171. The first-order valence-electron chi connectivity index (χ1n) is 5.50. The zero-order chi connectivity index (χ0) is 11.2. The first-order valence-corrected chi connectivity index (χ1v) is 5.50. The van der Waals surface area contributed by atoms with E-state index in [1.165, 1.54) is 0 Å². The number of aromatic nitrogens is 1. The molecule has 1 aliphatic rings. The molecule has 0 aliphatic carbocycles. The number of hydrogen-bond acceptors (Lipinski definition) is 5. The molecule has 16 heavy (non-hydrogen) atoms. The largest absolute Gasteiger partial charge is 0.359 e. The molecule has 1 fully saturated rings. The van der Waals surface area contributed by atoms with Crippen LogP contribution in [0.4, 0.5) is 0 Å². The highest BCUT2D eigenvalue weighted by Crippen LogP contribution is 2.15. The standard InChI is InChI=1S/C11H15NO4/c13-5-4-9-7-10(16-12-9)8-15-11-3-1-2-6-14-11/h5,7,11H,1-4,6,8H2. The van der Waals surface area contributed by atoms with Crippen molar-refractivity contribution in [3.05, 3.63) is 17.5 Å². The van der Waals surface area contributed by atoms with E-state index in [9.17, 15) is 4.79 Å². The molecule has 0 bridgehead atoms. The van der Waals surface area contributed by atoms with Crippen LogP contribution in [0.3, 0.4) is 0 Å². The van der Waals surface area contributed by atoms with Crippen molar-refractivity contribution in [3.63, 3.8) is 0 Å². The van der Waals surface area contributed by atoms with E-state index in [4.69, 9.17) is 14.0 Å². The second-order valence-corrected chi connectivity index (χ2v) is 3.76. The highest BCUT2D eigenvalue weighted by Gasteiger charge is 2.15. The van der Waals surface area contributed by atoms with Gasteiger partial charge >= 0.3 is 0 Å². The topological polar surface area (TPSA) is 61.6 Å². The fourth-order valence-corrected chi connectivity index (χ4v) is 1.62. The van der Waals surface area contributed by atoms with Gasteiger partial charge in [-0.25, -0.2) is 0 Å². The van der Waals surface area contributed by atoms with Crippen LogP contribution in [0.2, 0.25) is 0 Å². The van der Waals surface area contributed by atoms with Crippen molar-refractivity contribution >= 4 is 6.29 Å². The SMILES string of the molecule is O=CCc1cc(COC2CCCCO2)on1. The average molecular weight is 225 g/mol. The second-order valence-electron chi connectivity index (χ2n) is 3.76. The van der Waals surface area contributed by atoms with Gasteiger partial charge in [0.2, 0.25) is 0 Å². The lowest BCUT2D eigenvalue weighted by atomic mass is 10.2. The number of nitrogens with zero attached hydrogens (tertiary/aromatic N) is 1. The maximum absolute atomic E-state index is 10.3. The van der Waals surface area contributed by atoms with Gasteiger partial charge in [0.05, 0.1) is 5.69 Å². The lowest BCUT2D eigenvalue weighted by Crippen LogP contribution is -2.21. The first kappa shape index (κ1) is 11.3. The fourth-order valence-electron chi connectivity index (χ4n) is 1.62. The van der Waals surface area contributed by atoms with Gasteiger partial charge in [0.25, 0.3) is 0 Å². The minimum Gasteiger partial charge on any atom is -0.359 e. The summed E-state index contributed by atoms with van der Waals surface area (Å²) in [5, 5.41) is 3.74. The van der Waals surface area contributed by atoms with Gasteiger partial charge in [-0.2, -0.15) is 0 Å². The van der Waals surface area contributed by atoms with E-state index in [0.717, 1.165) is 32.2 Å². The van der Waals surface area contributed by atoms with Crippen LogP contribution in [-0.2, 0) is 27.3 Å². The molecule has 0 radical (unpaired) electrons. The molecule has 1 saturated heterocycles. The highest BCUT2D eigenvalue weighted by molar-refractivity contribution is 5.53. The second kappa shape index (κ2) is 5.77. The molecule has 88 valence electrons. The maximum atomic E-state index is 10.3. The Morgan fingerprint density at radius 3 is 3.25 bits per heavy atom. The van der Waals surface area contributed by atoms with Gasteiger partial charge in [0.15, 0.2) is 12.1 Å². The zero-order valence-electron chi connectivity index (χ0n) is 9.05. The molecule has 2 rings (SSSR count). The van der Waals surface area contributed by atoms with E-state index in [1.807, 2.05) is 0 Å².